The van der Waals surface area contributed by atoms with Crippen molar-refractivity contribution in [3.63, 3.8) is 0 Å². The predicted octanol–water partition coefficient (Wildman–Crippen LogP) is 3.35. The lowest BCUT2D eigenvalue weighted by molar-refractivity contribution is 0.184. The highest BCUT2D eigenvalue weighted by Gasteiger charge is 2.37. The van der Waals surface area contributed by atoms with Crippen LogP contribution in [0.25, 0.3) is 0 Å². The Balaban J connectivity index is 1.43. The number of aromatic nitrogens is 2. The first kappa shape index (κ1) is 17.9. The van der Waals surface area contributed by atoms with Gasteiger partial charge in [0, 0.05) is 13.1 Å². The SMILES string of the molecule is NC1(c2noc(C3CCCN(C(=O)Nc4ccccc4F)C3)n2)CCCC1. The van der Waals surface area contributed by atoms with Crippen molar-refractivity contribution in [2.24, 2.45) is 5.73 Å². The van der Waals surface area contributed by atoms with E-state index in [1.165, 1.54) is 6.07 Å². The van der Waals surface area contributed by atoms with Crippen molar-refractivity contribution in [2.45, 2.75) is 50.0 Å². The van der Waals surface area contributed by atoms with E-state index in [9.17, 15) is 9.18 Å². The number of urea groups is 1. The molecular weight excluding hydrogens is 349 g/mol. The van der Waals surface area contributed by atoms with Gasteiger partial charge in [-0.1, -0.05) is 30.1 Å². The average Bonchev–Trinajstić information content (AvgIpc) is 3.34. The van der Waals surface area contributed by atoms with Gasteiger partial charge >= 0.3 is 6.03 Å². The number of benzene rings is 1. The van der Waals surface area contributed by atoms with Gasteiger partial charge in [0.1, 0.15) is 5.82 Å². The molecule has 4 rings (SSSR count). The zero-order valence-electron chi connectivity index (χ0n) is 15.2. The molecule has 8 heteroatoms. The standard InChI is InChI=1S/C19H24FN5O2/c20-14-7-1-2-8-15(14)22-18(26)25-11-5-6-13(12-25)16-23-17(24-27-16)19(21)9-3-4-10-19/h1-2,7-8,13H,3-6,9-12,21H2,(H,22,26). The minimum absolute atomic E-state index is 0.0311. The summed E-state index contributed by atoms with van der Waals surface area (Å²) >= 11 is 0. The second-order valence-electron chi connectivity index (χ2n) is 7.51. The summed E-state index contributed by atoms with van der Waals surface area (Å²) in [5, 5.41) is 6.75. The third-order valence-corrected chi connectivity index (χ3v) is 5.56. The van der Waals surface area contributed by atoms with Crippen molar-refractivity contribution in [3.05, 3.63) is 41.8 Å². The molecule has 2 fully saturated rings. The number of nitrogens with zero attached hydrogens (tertiary/aromatic N) is 3. The molecule has 1 saturated carbocycles. The number of nitrogens with one attached hydrogen (secondary N) is 1. The number of hydrogen-bond donors (Lipinski definition) is 2. The van der Waals surface area contributed by atoms with Crippen LogP contribution in [-0.2, 0) is 5.54 Å². The number of amides is 2. The molecule has 1 aliphatic carbocycles. The minimum Gasteiger partial charge on any atom is -0.339 e. The normalized spacial score (nSPS) is 22.0. The highest BCUT2D eigenvalue weighted by atomic mass is 19.1. The Morgan fingerprint density at radius 3 is 2.85 bits per heavy atom. The Kier molecular flexibility index (Phi) is 4.82. The largest absolute Gasteiger partial charge is 0.339 e. The van der Waals surface area contributed by atoms with Crippen LogP contribution in [0.1, 0.15) is 56.2 Å². The molecular formula is C19H24FN5O2. The van der Waals surface area contributed by atoms with Crippen LogP contribution in [0.4, 0.5) is 14.9 Å². The second-order valence-corrected chi connectivity index (χ2v) is 7.51. The molecule has 3 N–H and O–H groups in total. The van der Waals surface area contributed by atoms with Crippen LogP contribution >= 0.6 is 0 Å². The van der Waals surface area contributed by atoms with Gasteiger partial charge in [-0.2, -0.15) is 4.98 Å². The summed E-state index contributed by atoms with van der Waals surface area (Å²) in [6.45, 7) is 1.07. The lowest BCUT2D eigenvalue weighted by Gasteiger charge is -2.31. The maximum atomic E-state index is 13.8. The molecule has 0 spiro atoms. The van der Waals surface area contributed by atoms with Gasteiger partial charge in [0.15, 0.2) is 5.82 Å². The van der Waals surface area contributed by atoms with Crippen molar-refractivity contribution in [1.29, 1.82) is 0 Å². The van der Waals surface area contributed by atoms with E-state index in [0.717, 1.165) is 38.5 Å². The maximum absolute atomic E-state index is 13.8. The number of carbonyl (C=O) groups excluding carboxylic acids is 1. The van der Waals surface area contributed by atoms with E-state index in [1.54, 1.807) is 23.1 Å². The summed E-state index contributed by atoms with van der Waals surface area (Å²) in [6.07, 6.45) is 5.58. The first-order valence-electron chi connectivity index (χ1n) is 9.48. The first-order chi connectivity index (χ1) is 13.0. The molecule has 2 aromatic rings. The molecule has 1 aliphatic heterocycles. The van der Waals surface area contributed by atoms with E-state index in [0.29, 0.717) is 24.8 Å². The van der Waals surface area contributed by atoms with Gasteiger partial charge < -0.3 is 20.5 Å². The fourth-order valence-corrected chi connectivity index (χ4v) is 3.95. The lowest BCUT2D eigenvalue weighted by Crippen LogP contribution is -2.41. The zero-order valence-corrected chi connectivity index (χ0v) is 15.2. The van der Waals surface area contributed by atoms with Crippen LogP contribution in [0.2, 0.25) is 0 Å². The molecule has 27 heavy (non-hydrogen) atoms. The van der Waals surface area contributed by atoms with Crippen molar-refractivity contribution >= 4 is 11.7 Å². The lowest BCUT2D eigenvalue weighted by atomic mass is 9.97. The molecule has 1 aromatic heterocycles. The van der Waals surface area contributed by atoms with Gasteiger partial charge in [-0.3, -0.25) is 0 Å². The molecule has 2 aliphatic rings. The molecule has 1 unspecified atom stereocenters. The Hall–Kier alpha value is -2.48. The second kappa shape index (κ2) is 7.26. The number of para-hydroxylation sites is 1. The maximum Gasteiger partial charge on any atom is 0.321 e. The van der Waals surface area contributed by atoms with Crippen molar-refractivity contribution < 1.29 is 13.7 Å². The number of piperidine rings is 1. The molecule has 0 bridgehead atoms. The molecule has 144 valence electrons. The fraction of sp³-hybridized carbons (Fsp3) is 0.526. The number of nitrogens with two attached hydrogens (primary N) is 1. The van der Waals surface area contributed by atoms with Crippen LogP contribution in [0, 0.1) is 5.82 Å². The van der Waals surface area contributed by atoms with Crippen molar-refractivity contribution in [1.82, 2.24) is 15.0 Å². The summed E-state index contributed by atoms with van der Waals surface area (Å²) in [5.74, 6) is 0.621. The third-order valence-electron chi connectivity index (χ3n) is 5.56. The highest BCUT2D eigenvalue weighted by Crippen LogP contribution is 2.36. The van der Waals surface area contributed by atoms with Crippen LogP contribution in [0.3, 0.4) is 0 Å². The number of rotatable bonds is 3. The van der Waals surface area contributed by atoms with Gasteiger partial charge in [0.05, 0.1) is 17.1 Å². The number of carbonyl (C=O) groups is 1. The highest BCUT2D eigenvalue weighted by molar-refractivity contribution is 5.89. The number of hydrogen-bond acceptors (Lipinski definition) is 5. The van der Waals surface area contributed by atoms with Crippen LogP contribution in [0.5, 0.6) is 0 Å². The van der Waals surface area contributed by atoms with Crippen molar-refractivity contribution in [2.75, 3.05) is 18.4 Å². The summed E-state index contributed by atoms with van der Waals surface area (Å²) in [4.78, 5) is 18.7. The first-order valence-corrected chi connectivity index (χ1v) is 9.48. The predicted molar refractivity (Wildman–Crippen MR) is 97.6 cm³/mol. The number of halogens is 1. The Morgan fingerprint density at radius 2 is 2.07 bits per heavy atom. The summed E-state index contributed by atoms with van der Waals surface area (Å²) in [7, 11) is 0. The number of anilines is 1. The minimum atomic E-state index is -0.488. The average molecular weight is 373 g/mol. The van der Waals surface area contributed by atoms with Crippen LogP contribution in [-0.4, -0.2) is 34.2 Å². The van der Waals surface area contributed by atoms with E-state index in [-0.39, 0.29) is 17.6 Å². The number of likely N-dealkylation sites (tertiary alicyclic amines) is 1. The molecule has 1 aromatic carbocycles. The summed E-state index contributed by atoms with van der Waals surface area (Å²) in [6, 6.07) is 5.81. The van der Waals surface area contributed by atoms with Gasteiger partial charge in [-0.05, 0) is 37.8 Å². The smallest absolute Gasteiger partial charge is 0.321 e. The monoisotopic (exact) mass is 373 g/mol. The third kappa shape index (κ3) is 3.66. The molecule has 1 saturated heterocycles. The molecule has 0 radical (unpaired) electrons. The Labute approximate surface area is 157 Å². The van der Waals surface area contributed by atoms with E-state index in [1.807, 2.05) is 0 Å². The van der Waals surface area contributed by atoms with Crippen LogP contribution in [0.15, 0.2) is 28.8 Å². The van der Waals surface area contributed by atoms with E-state index >= 15 is 0 Å². The summed E-state index contributed by atoms with van der Waals surface area (Å²) < 4.78 is 19.3. The van der Waals surface area contributed by atoms with Crippen LogP contribution < -0.4 is 11.1 Å². The molecule has 7 nitrogen and oxygen atoms in total. The van der Waals surface area contributed by atoms with Crippen molar-refractivity contribution in [3.8, 4) is 0 Å². The van der Waals surface area contributed by atoms with Gasteiger partial charge in [0.25, 0.3) is 0 Å². The zero-order chi connectivity index (χ0) is 18.9. The van der Waals surface area contributed by atoms with E-state index < -0.39 is 11.4 Å². The topological polar surface area (TPSA) is 97.3 Å². The van der Waals surface area contributed by atoms with E-state index in [2.05, 4.69) is 15.5 Å². The fourth-order valence-electron chi connectivity index (χ4n) is 3.95. The molecule has 2 amide bonds. The molecule has 2 heterocycles. The van der Waals surface area contributed by atoms with Gasteiger partial charge in [-0.15, -0.1) is 0 Å². The Morgan fingerprint density at radius 1 is 1.30 bits per heavy atom. The molecule has 1 atom stereocenters. The Bertz CT molecular complexity index is 818. The van der Waals surface area contributed by atoms with Gasteiger partial charge in [0.2, 0.25) is 5.89 Å². The van der Waals surface area contributed by atoms with E-state index in [4.69, 9.17) is 10.3 Å². The quantitative estimate of drug-likeness (QED) is 0.860. The van der Waals surface area contributed by atoms with Gasteiger partial charge in [-0.25, -0.2) is 9.18 Å². The summed E-state index contributed by atoms with van der Waals surface area (Å²) in [5.41, 5.74) is 6.09.